The number of hydrogen-bond acceptors (Lipinski definition) is 7. The van der Waals surface area contributed by atoms with Gasteiger partial charge >= 0.3 is 17.8 Å². The van der Waals surface area contributed by atoms with Crippen LogP contribution >= 0.6 is 0 Å². The molecule has 0 saturated heterocycles. The van der Waals surface area contributed by atoms with Gasteiger partial charge in [-0.3, -0.25) is 23.9 Å². The molecule has 0 fully saturated rings. The van der Waals surface area contributed by atoms with Crippen molar-refractivity contribution in [2.45, 2.75) is 58.7 Å². The average molecular weight is 455 g/mol. The fraction of sp³-hybridized carbons (Fsp3) is 0.579. The number of carboxylic acid groups (broad SMARTS) is 1. The van der Waals surface area contributed by atoms with E-state index in [1.54, 1.807) is 20.8 Å². The number of aryl methyl sites for hydroxylation is 1. The van der Waals surface area contributed by atoms with Crippen molar-refractivity contribution in [2.24, 2.45) is 5.73 Å². The number of carboxylic acids is 1. The van der Waals surface area contributed by atoms with Crippen molar-refractivity contribution >= 4 is 23.9 Å². The lowest BCUT2D eigenvalue weighted by atomic mass is 10.1. The maximum atomic E-state index is 12.9. The van der Waals surface area contributed by atoms with Crippen LogP contribution in [-0.2, 0) is 25.7 Å². The van der Waals surface area contributed by atoms with E-state index in [1.165, 1.54) is 13.1 Å². The molecule has 0 radical (unpaired) electrons. The highest BCUT2D eigenvalue weighted by molar-refractivity contribution is 5.84. The lowest BCUT2D eigenvalue weighted by Gasteiger charge is -2.29. The first-order chi connectivity index (χ1) is 14.7. The molecule has 0 aliphatic heterocycles. The number of alkyl carbamates (subject to hydrolysis) is 1. The number of carbonyl (C=O) groups excluding carboxylic acids is 3. The summed E-state index contributed by atoms with van der Waals surface area (Å²) >= 11 is 0. The van der Waals surface area contributed by atoms with Gasteiger partial charge in [0.1, 0.15) is 18.2 Å². The van der Waals surface area contributed by atoms with Gasteiger partial charge in [-0.2, -0.15) is 0 Å². The lowest BCUT2D eigenvalue weighted by molar-refractivity contribution is -0.151. The highest BCUT2D eigenvalue weighted by Gasteiger charge is 2.30. The van der Waals surface area contributed by atoms with Crippen molar-refractivity contribution in [3.63, 3.8) is 0 Å². The maximum absolute atomic E-state index is 12.9. The standard InChI is InChI=1S/C19H29N5O8/c1-11-9-23(17(30)22-15(11)27)10-14(26)24(12(16(28)29)5-6-13(20)25)8-7-21-18(31)32-19(2,3)4/h9,12H,5-8,10H2,1-4H3,(H2,20,25)(H,21,31)(H,28,29)(H,22,27,30)/t12-/m0/s1. The highest BCUT2D eigenvalue weighted by Crippen LogP contribution is 2.10. The van der Waals surface area contributed by atoms with E-state index in [9.17, 15) is 33.9 Å². The number of ether oxygens (including phenoxy) is 1. The van der Waals surface area contributed by atoms with Gasteiger partial charge in [0.2, 0.25) is 11.8 Å². The highest BCUT2D eigenvalue weighted by atomic mass is 16.6. The van der Waals surface area contributed by atoms with E-state index in [2.05, 4.69) is 10.3 Å². The number of nitrogens with zero attached hydrogens (tertiary/aromatic N) is 2. The zero-order chi connectivity index (χ0) is 24.6. The molecule has 3 amide bonds. The van der Waals surface area contributed by atoms with Crippen molar-refractivity contribution < 1.29 is 29.0 Å². The topological polar surface area (TPSA) is 194 Å². The lowest BCUT2D eigenvalue weighted by Crippen LogP contribution is -2.50. The van der Waals surface area contributed by atoms with Gasteiger partial charge in [0.15, 0.2) is 0 Å². The zero-order valence-corrected chi connectivity index (χ0v) is 18.5. The van der Waals surface area contributed by atoms with Gasteiger partial charge < -0.3 is 25.8 Å². The molecule has 0 unspecified atom stereocenters. The van der Waals surface area contributed by atoms with Crippen LogP contribution < -0.4 is 22.3 Å². The first-order valence-electron chi connectivity index (χ1n) is 9.79. The van der Waals surface area contributed by atoms with Gasteiger partial charge in [0, 0.05) is 31.3 Å². The second-order valence-corrected chi connectivity index (χ2v) is 8.07. The van der Waals surface area contributed by atoms with E-state index in [4.69, 9.17) is 10.5 Å². The maximum Gasteiger partial charge on any atom is 0.407 e. The summed E-state index contributed by atoms with van der Waals surface area (Å²) < 4.78 is 6.02. The van der Waals surface area contributed by atoms with Crippen molar-refractivity contribution in [3.05, 3.63) is 32.6 Å². The molecule has 0 spiro atoms. The Morgan fingerprint density at radius 2 is 1.91 bits per heavy atom. The molecule has 1 aromatic rings. The fourth-order valence-corrected chi connectivity index (χ4v) is 2.71. The Balaban J connectivity index is 3.07. The zero-order valence-electron chi connectivity index (χ0n) is 18.5. The molecule has 1 atom stereocenters. The molecule has 0 aliphatic rings. The van der Waals surface area contributed by atoms with Crippen LogP contribution in [0.3, 0.4) is 0 Å². The predicted molar refractivity (Wildman–Crippen MR) is 112 cm³/mol. The van der Waals surface area contributed by atoms with Crippen molar-refractivity contribution in [2.75, 3.05) is 13.1 Å². The van der Waals surface area contributed by atoms with Gasteiger partial charge in [-0.25, -0.2) is 14.4 Å². The fourth-order valence-electron chi connectivity index (χ4n) is 2.71. The summed E-state index contributed by atoms with van der Waals surface area (Å²) in [5, 5.41) is 12.0. The second kappa shape index (κ2) is 11.1. The number of aromatic nitrogens is 2. The van der Waals surface area contributed by atoms with Crippen LogP contribution in [0.1, 0.15) is 39.2 Å². The molecule has 0 saturated carbocycles. The summed E-state index contributed by atoms with van der Waals surface area (Å²) in [6.45, 7) is 5.47. The summed E-state index contributed by atoms with van der Waals surface area (Å²) in [6.07, 6.45) is -0.142. The molecule has 1 rings (SSSR count). The minimum absolute atomic E-state index is 0.152. The summed E-state index contributed by atoms with van der Waals surface area (Å²) in [5.41, 5.74) is 3.07. The third kappa shape index (κ3) is 8.62. The molecule has 0 aromatic carbocycles. The van der Waals surface area contributed by atoms with Crippen LogP contribution in [0, 0.1) is 6.92 Å². The van der Waals surface area contributed by atoms with E-state index in [0.29, 0.717) is 0 Å². The van der Waals surface area contributed by atoms with Crippen LogP contribution in [0.15, 0.2) is 15.8 Å². The Labute approximate surface area is 183 Å². The summed E-state index contributed by atoms with van der Waals surface area (Å²) in [7, 11) is 0. The molecular formula is C19H29N5O8. The Bertz CT molecular complexity index is 975. The molecule has 13 nitrogen and oxygen atoms in total. The Morgan fingerprint density at radius 1 is 1.28 bits per heavy atom. The number of primary amides is 1. The van der Waals surface area contributed by atoms with E-state index in [0.717, 1.165) is 9.47 Å². The number of aromatic amines is 1. The summed E-state index contributed by atoms with van der Waals surface area (Å²) in [5.74, 6) is -2.91. The molecule has 13 heteroatoms. The molecule has 0 bridgehead atoms. The van der Waals surface area contributed by atoms with Gasteiger partial charge in [0.05, 0.1) is 0 Å². The Morgan fingerprint density at radius 3 is 2.44 bits per heavy atom. The number of carbonyl (C=O) groups is 4. The van der Waals surface area contributed by atoms with Gasteiger partial charge in [-0.15, -0.1) is 0 Å². The Kier molecular flexibility index (Phi) is 9.17. The number of nitrogens with two attached hydrogens (primary N) is 1. The van der Waals surface area contributed by atoms with Gasteiger partial charge in [0.25, 0.3) is 5.56 Å². The normalized spacial score (nSPS) is 12.0. The third-order valence-electron chi connectivity index (χ3n) is 4.16. The number of nitrogens with one attached hydrogen (secondary N) is 2. The largest absolute Gasteiger partial charge is 0.480 e. The van der Waals surface area contributed by atoms with E-state index < -0.39 is 53.3 Å². The third-order valence-corrected chi connectivity index (χ3v) is 4.16. The number of hydrogen-bond donors (Lipinski definition) is 4. The molecular weight excluding hydrogens is 426 g/mol. The first-order valence-corrected chi connectivity index (χ1v) is 9.79. The molecule has 32 heavy (non-hydrogen) atoms. The van der Waals surface area contributed by atoms with Crippen LogP contribution in [0.4, 0.5) is 4.79 Å². The van der Waals surface area contributed by atoms with Crippen LogP contribution in [0.5, 0.6) is 0 Å². The van der Waals surface area contributed by atoms with Crippen molar-refractivity contribution in [1.82, 2.24) is 19.8 Å². The van der Waals surface area contributed by atoms with E-state index in [-0.39, 0.29) is 31.5 Å². The quantitative estimate of drug-likeness (QED) is 0.342. The van der Waals surface area contributed by atoms with Gasteiger partial charge in [-0.1, -0.05) is 0 Å². The number of amides is 3. The van der Waals surface area contributed by atoms with E-state index in [1.807, 2.05) is 0 Å². The minimum Gasteiger partial charge on any atom is -0.480 e. The molecule has 178 valence electrons. The molecule has 0 aliphatic carbocycles. The Hall–Kier alpha value is -3.64. The second-order valence-electron chi connectivity index (χ2n) is 8.07. The average Bonchev–Trinajstić information content (AvgIpc) is 2.62. The first kappa shape index (κ1) is 26.4. The van der Waals surface area contributed by atoms with Crippen LogP contribution in [-0.4, -0.2) is 68.2 Å². The number of rotatable bonds is 10. The molecule has 1 aromatic heterocycles. The predicted octanol–water partition coefficient (Wildman–Crippen LogP) is -1.08. The summed E-state index contributed by atoms with van der Waals surface area (Å²) in [4.78, 5) is 74.2. The number of H-pyrrole nitrogens is 1. The molecule has 1 heterocycles. The monoisotopic (exact) mass is 455 g/mol. The van der Waals surface area contributed by atoms with Crippen LogP contribution in [0.2, 0.25) is 0 Å². The molecule has 5 N–H and O–H groups in total. The summed E-state index contributed by atoms with van der Waals surface area (Å²) in [6, 6.07) is -1.44. The SMILES string of the molecule is Cc1cn(CC(=O)N(CCNC(=O)OC(C)(C)C)[C@@H](CCC(N)=O)C(=O)O)c(=O)[nH]c1=O. The van der Waals surface area contributed by atoms with Gasteiger partial charge in [-0.05, 0) is 34.1 Å². The van der Waals surface area contributed by atoms with Crippen LogP contribution in [0.25, 0.3) is 0 Å². The minimum atomic E-state index is -1.44. The van der Waals surface area contributed by atoms with Crippen molar-refractivity contribution in [1.29, 1.82) is 0 Å². The number of aliphatic carboxylic acids is 1. The van der Waals surface area contributed by atoms with Crippen molar-refractivity contribution in [3.8, 4) is 0 Å². The van der Waals surface area contributed by atoms with E-state index >= 15 is 0 Å². The smallest absolute Gasteiger partial charge is 0.407 e.